The molecule has 0 radical (unpaired) electrons. The van der Waals surface area contributed by atoms with Crippen molar-refractivity contribution in [2.75, 3.05) is 19.3 Å². The molecule has 0 heterocycles. The Morgan fingerprint density at radius 1 is 1.44 bits per heavy atom. The molecule has 0 aliphatic rings. The minimum atomic E-state index is -0.211. The molecule has 1 rings (SSSR count). The molecule has 0 saturated carbocycles. The van der Waals surface area contributed by atoms with Crippen LogP contribution in [0.15, 0.2) is 29.3 Å². The molecule has 1 aromatic rings. The third-order valence-corrected chi connectivity index (χ3v) is 3.15. The highest BCUT2D eigenvalue weighted by atomic mass is 32.2. The molecule has 0 unspecified atom stereocenters. The van der Waals surface area contributed by atoms with Crippen molar-refractivity contribution in [3.8, 4) is 6.19 Å². The number of nitriles is 1. The number of aliphatic imine (C=N–C) groups is 1. The van der Waals surface area contributed by atoms with Gasteiger partial charge in [-0.25, -0.2) is 4.39 Å². The van der Waals surface area contributed by atoms with Crippen LogP contribution in [-0.2, 0) is 5.75 Å². The monoisotopic (exact) mass is 266 g/mol. The Hall–Kier alpha value is -1.74. The Labute approximate surface area is 110 Å². The molecule has 0 spiro atoms. The molecule has 0 fully saturated rings. The van der Waals surface area contributed by atoms with E-state index in [1.54, 1.807) is 37.1 Å². The van der Waals surface area contributed by atoms with Crippen molar-refractivity contribution in [3.05, 3.63) is 35.6 Å². The van der Waals surface area contributed by atoms with Gasteiger partial charge in [0.15, 0.2) is 6.19 Å². The predicted molar refractivity (Wildman–Crippen MR) is 72.7 cm³/mol. The Bertz CT molecular complexity index is 425. The van der Waals surface area contributed by atoms with E-state index in [4.69, 9.17) is 5.26 Å². The highest BCUT2D eigenvalue weighted by molar-refractivity contribution is 7.98. The van der Waals surface area contributed by atoms with Gasteiger partial charge in [-0.1, -0.05) is 12.1 Å². The average Bonchev–Trinajstić information content (AvgIpc) is 2.39. The molecule has 2 N–H and O–H groups in total. The van der Waals surface area contributed by atoms with E-state index < -0.39 is 0 Å². The van der Waals surface area contributed by atoms with E-state index >= 15 is 0 Å². The van der Waals surface area contributed by atoms with Crippen molar-refractivity contribution in [2.45, 2.75) is 5.75 Å². The first-order chi connectivity index (χ1) is 8.76. The molecule has 0 atom stereocenters. The third kappa shape index (κ3) is 5.55. The number of hydrogen-bond donors (Lipinski definition) is 2. The van der Waals surface area contributed by atoms with Gasteiger partial charge in [0.2, 0.25) is 5.96 Å². The van der Waals surface area contributed by atoms with E-state index in [0.29, 0.717) is 12.5 Å². The summed E-state index contributed by atoms with van der Waals surface area (Å²) in [4.78, 5) is 3.86. The van der Waals surface area contributed by atoms with E-state index in [2.05, 4.69) is 15.6 Å². The van der Waals surface area contributed by atoms with Crippen LogP contribution in [0.1, 0.15) is 5.56 Å². The second-order valence-electron chi connectivity index (χ2n) is 3.41. The highest BCUT2D eigenvalue weighted by Crippen LogP contribution is 2.11. The zero-order valence-electron chi connectivity index (χ0n) is 10.1. The largest absolute Gasteiger partial charge is 0.355 e. The quantitative estimate of drug-likeness (QED) is 0.280. The maximum Gasteiger partial charge on any atom is 0.204 e. The average molecular weight is 266 g/mol. The fourth-order valence-corrected chi connectivity index (χ4v) is 2.06. The molecular weight excluding hydrogens is 251 g/mol. The number of hydrogen-bond acceptors (Lipinski definition) is 3. The topological polar surface area (TPSA) is 60.2 Å². The maximum atomic E-state index is 12.7. The number of nitrogens with one attached hydrogen (secondary N) is 2. The number of halogens is 1. The van der Waals surface area contributed by atoms with Gasteiger partial charge in [0, 0.05) is 25.1 Å². The zero-order valence-corrected chi connectivity index (χ0v) is 10.9. The molecule has 0 aromatic heterocycles. The van der Waals surface area contributed by atoms with Gasteiger partial charge in [-0.3, -0.25) is 10.3 Å². The SMILES string of the molecule is CN=C(NC#N)NCCSCc1ccc(F)cc1. The Morgan fingerprint density at radius 2 is 2.17 bits per heavy atom. The Kier molecular flexibility index (Phi) is 6.66. The first kappa shape index (κ1) is 14.3. The van der Waals surface area contributed by atoms with Gasteiger partial charge in [0.1, 0.15) is 5.82 Å². The smallest absolute Gasteiger partial charge is 0.204 e. The number of nitrogens with zero attached hydrogens (tertiary/aromatic N) is 2. The van der Waals surface area contributed by atoms with Crippen LogP contribution in [0.5, 0.6) is 0 Å². The van der Waals surface area contributed by atoms with Crippen LogP contribution < -0.4 is 10.6 Å². The molecule has 1 aromatic carbocycles. The van der Waals surface area contributed by atoms with Crippen molar-refractivity contribution >= 4 is 17.7 Å². The van der Waals surface area contributed by atoms with Crippen LogP contribution in [0.3, 0.4) is 0 Å². The van der Waals surface area contributed by atoms with E-state index in [0.717, 1.165) is 17.1 Å². The highest BCUT2D eigenvalue weighted by Gasteiger charge is 1.97. The summed E-state index contributed by atoms with van der Waals surface area (Å²) in [7, 11) is 1.61. The normalized spacial score (nSPS) is 10.8. The molecule has 96 valence electrons. The second-order valence-corrected chi connectivity index (χ2v) is 4.52. The lowest BCUT2D eigenvalue weighted by Gasteiger charge is -2.06. The van der Waals surface area contributed by atoms with Crippen LogP contribution >= 0.6 is 11.8 Å². The van der Waals surface area contributed by atoms with E-state index in [-0.39, 0.29) is 5.82 Å². The molecule has 6 heteroatoms. The summed E-state index contributed by atoms with van der Waals surface area (Å²) in [5, 5.41) is 13.9. The Morgan fingerprint density at radius 3 is 2.78 bits per heavy atom. The summed E-state index contributed by atoms with van der Waals surface area (Å²) in [5.41, 5.74) is 1.10. The molecule has 0 saturated heterocycles. The number of thioether (sulfide) groups is 1. The third-order valence-electron chi connectivity index (χ3n) is 2.12. The lowest BCUT2D eigenvalue weighted by Crippen LogP contribution is -2.35. The molecule has 0 aliphatic heterocycles. The minimum absolute atomic E-state index is 0.211. The Balaban J connectivity index is 2.16. The van der Waals surface area contributed by atoms with Crippen molar-refractivity contribution in [1.29, 1.82) is 5.26 Å². The number of rotatable bonds is 5. The van der Waals surface area contributed by atoms with Gasteiger partial charge in [-0.15, -0.1) is 0 Å². The fraction of sp³-hybridized carbons (Fsp3) is 0.333. The summed E-state index contributed by atoms with van der Waals surface area (Å²) in [5.74, 6) is 1.98. The summed E-state index contributed by atoms with van der Waals surface area (Å²) in [6.07, 6.45) is 1.81. The summed E-state index contributed by atoms with van der Waals surface area (Å²) >= 11 is 1.73. The zero-order chi connectivity index (χ0) is 13.2. The van der Waals surface area contributed by atoms with Gasteiger partial charge in [0.25, 0.3) is 0 Å². The van der Waals surface area contributed by atoms with Crippen molar-refractivity contribution < 1.29 is 4.39 Å². The number of guanidine groups is 1. The van der Waals surface area contributed by atoms with Gasteiger partial charge in [-0.2, -0.15) is 17.0 Å². The van der Waals surface area contributed by atoms with Crippen molar-refractivity contribution in [2.24, 2.45) is 4.99 Å². The first-order valence-corrected chi connectivity index (χ1v) is 6.59. The second kappa shape index (κ2) is 8.37. The fourth-order valence-electron chi connectivity index (χ4n) is 1.24. The molecule has 18 heavy (non-hydrogen) atoms. The summed E-state index contributed by atoms with van der Waals surface area (Å²) in [6, 6.07) is 6.50. The van der Waals surface area contributed by atoms with Gasteiger partial charge < -0.3 is 5.32 Å². The molecular formula is C12H15FN4S. The van der Waals surface area contributed by atoms with E-state index in [1.807, 2.05) is 0 Å². The summed E-state index contributed by atoms with van der Waals surface area (Å²) in [6.45, 7) is 0.715. The van der Waals surface area contributed by atoms with Gasteiger partial charge >= 0.3 is 0 Å². The predicted octanol–water partition coefficient (Wildman–Crippen LogP) is 1.70. The van der Waals surface area contributed by atoms with Crippen LogP contribution in [0.2, 0.25) is 0 Å². The van der Waals surface area contributed by atoms with E-state index in [9.17, 15) is 4.39 Å². The first-order valence-electron chi connectivity index (χ1n) is 5.44. The van der Waals surface area contributed by atoms with Crippen LogP contribution in [0.25, 0.3) is 0 Å². The molecule has 4 nitrogen and oxygen atoms in total. The lowest BCUT2D eigenvalue weighted by atomic mass is 10.2. The van der Waals surface area contributed by atoms with Crippen LogP contribution in [0, 0.1) is 17.3 Å². The number of benzene rings is 1. The van der Waals surface area contributed by atoms with Crippen LogP contribution in [0.4, 0.5) is 4.39 Å². The molecule has 0 aliphatic carbocycles. The lowest BCUT2D eigenvalue weighted by molar-refractivity contribution is 0.627. The summed E-state index contributed by atoms with van der Waals surface area (Å²) < 4.78 is 12.7. The maximum absolute atomic E-state index is 12.7. The standard InChI is InChI=1S/C12H15FN4S/c1-15-12(17-9-14)16-6-7-18-8-10-2-4-11(13)5-3-10/h2-5H,6-8H2,1H3,(H2,15,16,17). The van der Waals surface area contributed by atoms with Gasteiger partial charge in [-0.05, 0) is 17.7 Å². The van der Waals surface area contributed by atoms with E-state index in [1.165, 1.54) is 12.1 Å². The van der Waals surface area contributed by atoms with Crippen LogP contribution in [-0.4, -0.2) is 25.3 Å². The van der Waals surface area contributed by atoms with Crippen molar-refractivity contribution in [1.82, 2.24) is 10.6 Å². The molecule has 0 amide bonds. The minimum Gasteiger partial charge on any atom is -0.355 e. The van der Waals surface area contributed by atoms with Crippen molar-refractivity contribution in [3.63, 3.8) is 0 Å². The van der Waals surface area contributed by atoms with Gasteiger partial charge in [0.05, 0.1) is 0 Å². The molecule has 0 bridgehead atoms.